The van der Waals surface area contributed by atoms with Gasteiger partial charge < -0.3 is 0 Å². The minimum absolute atomic E-state index is 0.216. The molecule has 0 nitrogen and oxygen atoms in total. The molecule has 0 amide bonds. The molecule has 0 heterocycles. The number of rotatable bonds is 4. The molecule has 0 N–H and O–H groups in total. The molecule has 2 aliphatic rings. The maximum Gasteiger partial charge on any atom is 0.162 e. The molecule has 0 unspecified atom stereocenters. The van der Waals surface area contributed by atoms with E-state index in [2.05, 4.69) is 6.92 Å². The van der Waals surface area contributed by atoms with E-state index in [4.69, 9.17) is 0 Å². The summed E-state index contributed by atoms with van der Waals surface area (Å²) < 4.78 is 28.1. The molecule has 0 spiro atoms. The van der Waals surface area contributed by atoms with Crippen LogP contribution in [0.4, 0.5) is 8.78 Å². The Balaban J connectivity index is 0.00000117. The molecule has 26 heavy (non-hydrogen) atoms. The van der Waals surface area contributed by atoms with Crippen LogP contribution in [0.15, 0.2) is 12.1 Å². The molecule has 0 bridgehead atoms. The lowest BCUT2D eigenvalue weighted by atomic mass is 9.68. The molecular formula is C24H38F2. The van der Waals surface area contributed by atoms with Gasteiger partial charge in [-0.3, -0.25) is 0 Å². The smallest absolute Gasteiger partial charge is 0.162 e. The average molecular weight is 365 g/mol. The standard InChI is InChI=1S/C22H32F2.C2H6/c1-3-4-16-6-8-17(9-7-16)18-10-12-19(13-11-18)20-14-5-15(2)21(23)22(20)24;1-2/h5,14,16-19H,3-4,6-13H2,1-2H3;1-2H3. The summed E-state index contributed by atoms with van der Waals surface area (Å²) in [6, 6.07) is 3.55. The van der Waals surface area contributed by atoms with Crippen molar-refractivity contribution >= 4 is 0 Å². The first kappa shape index (κ1) is 21.4. The molecule has 0 aromatic heterocycles. The molecule has 0 atom stereocenters. The van der Waals surface area contributed by atoms with Gasteiger partial charge in [0.05, 0.1) is 0 Å². The number of benzene rings is 1. The Morgan fingerprint density at radius 1 is 0.808 bits per heavy atom. The van der Waals surface area contributed by atoms with Gasteiger partial charge in [0.15, 0.2) is 11.6 Å². The van der Waals surface area contributed by atoms with Gasteiger partial charge in [-0.05, 0) is 80.2 Å². The van der Waals surface area contributed by atoms with Crippen LogP contribution in [-0.4, -0.2) is 0 Å². The zero-order valence-electron chi connectivity index (χ0n) is 17.3. The Hall–Kier alpha value is -0.920. The Kier molecular flexibility index (Phi) is 8.57. The maximum absolute atomic E-state index is 14.2. The SMILES string of the molecule is CC.CCCC1CCC(C2CCC(c3ccc(C)c(F)c3F)CC2)CC1. The molecule has 2 aliphatic carbocycles. The van der Waals surface area contributed by atoms with Crippen molar-refractivity contribution < 1.29 is 8.78 Å². The first-order valence-electron chi connectivity index (χ1n) is 11.0. The monoisotopic (exact) mass is 364 g/mol. The molecule has 0 saturated heterocycles. The lowest BCUT2D eigenvalue weighted by Crippen LogP contribution is -2.25. The van der Waals surface area contributed by atoms with Crippen molar-refractivity contribution in [2.75, 3.05) is 0 Å². The van der Waals surface area contributed by atoms with Crippen molar-refractivity contribution in [3.8, 4) is 0 Å². The fourth-order valence-corrected chi connectivity index (χ4v) is 5.23. The maximum atomic E-state index is 14.2. The summed E-state index contributed by atoms with van der Waals surface area (Å²) in [6.07, 6.45) is 12.8. The highest BCUT2D eigenvalue weighted by Gasteiger charge is 2.32. The summed E-state index contributed by atoms with van der Waals surface area (Å²) in [5.74, 6) is 1.64. The number of halogens is 2. The molecule has 2 fully saturated rings. The molecule has 1 aromatic rings. The van der Waals surface area contributed by atoms with E-state index in [1.54, 1.807) is 13.0 Å². The van der Waals surface area contributed by atoms with E-state index in [9.17, 15) is 8.78 Å². The van der Waals surface area contributed by atoms with Gasteiger partial charge in [0.25, 0.3) is 0 Å². The molecule has 2 heteroatoms. The van der Waals surface area contributed by atoms with Gasteiger partial charge in [-0.1, -0.05) is 58.6 Å². The Morgan fingerprint density at radius 2 is 1.35 bits per heavy atom. The van der Waals surface area contributed by atoms with E-state index in [0.717, 1.165) is 30.6 Å². The summed E-state index contributed by atoms with van der Waals surface area (Å²) in [5.41, 5.74) is 1.02. The summed E-state index contributed by atoms with van der Waals surface area (Å²) in [6.45, 7) is 7.92. The van der Waals surface area contributed by atoms with Crippen LogP contribution >= 0.6 is 0 Å². The first-order valence-corrected chi connectivity index (χ1v) is 11.0. The Labute approximate surface area is 159 Å². The molecule has 1 aromatic carbocycles. The van der Waals surface area contributed by atoms with Gasteiger partial charge in [0, 0.05) is 0 Å². The van der Waals surface area contributed by atoms with Gasteiger partial charge in [-0.2, -0.15) is 0 Å². The topological polar surface area (TPSA) is 0 Å². The predicted octanol–water partition coefficient (Wildman–Crippen LogP) is 8.18. The summed E-state index contributed by atoms with van der Waals surface area (Å²) in [7, 11) is 0. The van der Waals surface area contributed by atoms with E-state index in [1.165, 1.54) is 51.4 Å². The quantitative estimate of drug-likeness (QED) is 0.505. The van der Waals surface area contributed by atoms with Crippen molar-refractivity contribution in [2.24, 2.45) is 17.8 Å². The normalized spacial score (nSPS) is 29.0. The number of aryl methyl sites for hydroxylation is 1. The third-order valence-electron chi connectivity index (χ3n) is 6.77. The van der Waals surface area contributed by atoms with Gasteiger partial charge in [-0.25, -0.2) is 8.78 Å². The van der Waals surface area contributed by atoms with E-state index < -0.39 is 11.6 Å². The fourth-order valence-electron chi connectivity index (χ4n) is 5.23. The zero-order chi connectivity index (χ0) is 19.1. The predicted molar refractivity (Wildman–Crippen MR) is 107 cm³/mol. The summed E-state index contributed by atoms with van der Waals surface area (Å²) in [5, 5.41) is 0. The van der Waals surface area contributed by atoms with Crippen molar-refractivity contribution in [2.45, 2.75) is 97.8 Å². The van der Waals surface area contributed by atoms with Crippen LogP contribution in [0.2, 0.25) is 0 Å². The Morgan fingerprint density at radius 3 is 1.88 bits per heavy atom. The van der Waals surface area contributed by atoms with E-state index in [-0.39, 0.29) is 5.92 Å². The van der Waals surface area contributed by atoms with Crippen LogP contribution in [0, 0.1) is 36.3 Å². The van der Waals surface area contributed by atoms with Crippen molar-refractivity contribution in [1.82, 2.24) is 0 Å². The Bertz CT molecular complexity index is 535. The van der Waals surface area contributed by atoms with Crippen molar-refractivity contribution in [3.63, 3.8) is 0 Å². The second-order valence-corrected chi connectivity index (χ2v) is 8.28. The van der Waals surface area contributed by atoms with Crippen LogP contribution in [0.5, 0.6) is 0 Å². The molecule has 0 radical (unpaired) electrons. The molecule has 148 valence electrons. The molecule has 3 rings (SSSR count). The van der Waals surface area contributed by atoms with Crippen LogP contribution in [0.25, 0.3) is 0 Å². The summed E-state index contributed by atoms with van der Waals surface area (Å²) in [4.78, 5) is 0. The zero-order valence-corrected chi connectivity index (χ0v) is 17.3. The molecular weight excluding hydrogens is 326 g/mol. The highest BCUT2D eigenvalue weighted by molar-refractivity contribution is 5.28. The lowest BCUT2D eigenvalue weighted by Gasteiger charge is -2.38. The van der Waals surface area contributed by atoms with Crippen molar-refractivity contribution in [3.05, 3.63) is 34.9 Å². The average Bonchev–Trinajstić information content (AvgIpc) is 2.69. The number of hydrogen-bond acceptors (Lipinski definition) is 0. The van der Waals surface area contributed by atoms with Crippen LogP contribution in [0.3, 0.4) is 0 Å². The van der Waals surface area contributed by atoms with Gasteiger partial charge in [0.2, 0.25) is 0 Å². The van der Waals surface area contributed by atoms with E-state index >= 15 is 0 Å². The minimum atomic E-state index is -0.649. The first-order chi connectivity index (χ1) is 12.6. The van der Waals surface area contributed by atoms with Crippen LogP contribution < -0.4 is 0 Å². The molecule has 2 saturated carbocycles. The highest BCUT2D eigenvalue weighted by atomic mass is 19.2. The van der Waals surface area contributed by atoms with Gasteiger partial charge in [-0.15, -0.1) is 0 Å². The second kappa shape index (κ2) is 10.4. The van der Waals surface area contributed by atoms with E-state index in [1.807, 2.05) is 19.9 Å². The van der Waals surface area contributed by atoms with Gasteiger partial charge in [0.1, 0.15) is 0 Å². The van der Waals surface area contributed by atoms with Gasteiger partial charge >= 0.3 is 0 Å². The second-order valence-electron chi connectivity index (χ2n) is 8.28. The third kappa shape index (κ3) is 5.08. The minimum Gasteiger partial charge on any atom is -0.203 e. The third-order valence-corrected chi connectivity index (χ3v) is 6.77. The van der Waals surface area contributed by atoms with Crippen LogP contribution in [-0.2, 0) is 0 Å². The fraction of sp³-hybridized carbons (Fsp3) is 0.750. The largest absolute Gasteiger partial charge is 0.203 e. The molecule has 0 aliphatic heterocycles. The highest BCUT2D eigenvalue weighted by Crippen LogP contribution is 2.45. The van der Waals surface area contributed by atoms with E-state index in [0.29, 0.717) is 11.1 Å². The lowest BCUT2D eigenvalue weighted by molar-refractivity contribution is 0.156. The van der Waals surface area contributed by atoms with Crippen molar-refractivity contribution in [1.29, 1.82) is 0 Å². The summed E-state index contributed by atoms with van der Waals surface area (Å²) >= 11 is 0. The van der Waals surface area contributed by atoms with Crippen LogP contribution in [0.1, 0.15) is 102 Å². The number of hydrogen-bond donors (Lipinski definition) is 0.